The van der Waals surface area contributed by atoms with Crippen LogP contribution in [0.2, 0.25) is 0 Å². The van der Waals surface area contributed by atoms with Crippen LogP contribution in [0.5, 0.6) is 17.2 Å². The molecule has 5 nitrogen and oxygen atoms in total. The Balaban J connectivity index is 2.17. The van der Waals surface area contributed by atoms with Crippen molar-refractivity contribution in [2.45, 2.75) is 12.2 Å². The minimum Gasteiger partial charge on any atom is -0.508 e. The standard InChI is InChI=1S/C16H18O5/c1-20-13-4-2-3-5-14(13)21-15(10-17)16(19)11-6-8-12(18)9-7-11/h2-9,15-19H,10H2,1H3/t15-,16-/m1/s1. The van der Waals surface area contributed by atoms with E-state index in [2.05, 4.69) is 0 Å². The Morgan fingerprint density at radius 1 is 1.00 bits per heavy atom. The second-order valence-electron chi connectivity index (χ2n) is 4.53. The van der Waals surface area contributed by atoms with Gasteiger partial charge in [0.15, 0.2) is 17.6 Å². The molecular formula is C16H18O5. The monoisotopic (exact) mass is 290 g/mol. The van der Waals surface area contributed by atoms with Crippen LogP contribution in [0.1, 0.15) is 11.7 Å². The van der Waals surface area contributed by atoms with E-state index in [0.717, 1.165) is 0 Å². The second-order valence-corrected chi connectivity index (χ2v) is 4.53. The van der Waals surface area contributed by atoms with Gasteiger partial charge in [-0.05, 0) is 29.8 Å². The minimum absolute atomic E-state index is 0.108. The number of aliphatic hydroxyl groups is 2. The van der Waals surface area contributed by atoms with Gasteiger partial charge >= 0.3 is 0 Å². The maximum absolute atomic E-state index is 10.3. The summed E-state index contributed by atoms with van der Waals surface area (Å²) < 4.78 is 10.8. The fourth-order valence-corrected chi connectivity index (χ4v) is 1.97. The van der Waals surface area contributed by atoms with Crippen molar-refractivity contribution in [3.63, 3.8) is 0 Å². The lowest BCUT2D eigenvalue weighted by Gasteiger charge is -2.23. The molecule has 0 aliphatic rings. The number of ether oxygens (including phenoxy) is 2. The van der Waals surface area contributed by atoms with Gasteiger partial charge < -0.3 is 24.8 Å². The molecule has 21 heavy (non-hydrogen) atoms. The quantitative estimate of drug-likeness (QED) is 0.757. The van der Waals surface area contributed by atoms with Gasteiger partial charge in [0.2, 0.25) is 0 Å². The number of benzene rings is 2. The number of phenols is 1. The summed E-state index contributed by atoms with van der Waals surface area (Å²) in [6.45, 7) is -0.361. The lowest BCUT2D eigenvalue weighted by molar-refractivity contribution is -0.000420. The molecule has 0 bridgehead atoms. The van der Waals surface area contributed by atoms with Crippen LogP contribution in [0.3, 0.4) is 0 Å². The molecule has 2 atom stereocenters. The number of rotatable bonds is 6. The van der Waals surface area contributed by atoms with Gasteiger partial charge in [-0.15, -0.1) is 0 Å². The molecule has 2 aromatic carbocycles. The van der Waals surface area contributed by atoms with E-state index in [-0.39, 0.29) is 12.4 Å². The fraction of sp³-hybridized carbons (Fsp3) is 0.250. The Kier molecular flexibility index (Phi) is 5.03. The van der Waals surface area contributed by atoms with Crippen LogP contribution < -0.4 is 9.47 Å². The molecule has 0 aromatic heterocycles. The van der Waals surface area contributed by atoms with E-state index in [1.165, 1.54) is 19.2 Å². The topological polar surface area (TPSA) is 79.2 Å². The fourth-order valence-electron chi connectivity index (χ4n) is 1.97. The Morgan fingerprint density at radius 3 is 2.19 bits per heavy atom. The Labute approximate surface area is 123 Å². The summed E-state index contributed by atoms with van der Waals surface area (Å²) in [7, 11) is 1.52. The number of hydrogen-bond donors (Lipinski definition) is 3. The van der Waals surface area contributed by atoms with E-state index in [9.17, 15) is 15.3 Å². The van der Waals surface area contributed by atoms with E-state index in [1.54, 1.807) is 36.4 Å². The predicted octanol–water partition coefficient (Wildman–Crippen LogP) is 1.87. The molecule has 0 aliphatic heterocycles. The first-order valence-electron chi connectivity index (χ1n) is 6.53. The van der Waals surface area contributed by atoms with Gasteiger partial charge in [0.05, 0.1) is 13.7 Å². The molecule has 0 spiro atoms. The van der Waals surface area contributed by atoms with Crippen LogP contribution in [0, 0.1) is 0 Å². The van der Waals surface area contributed by atoms with Crippen molar-refractivity contribution >= 4 is 0 Å². The van der Waals surface area contributed by atoms with E-state index < -0.39 is 12.2 Å². The molecule has 5 heteroatoms. The number of aromatic hydroxyl groups is 1. The molecule has 0 unspecified atom stereocenters. The predicted molar refractivity (Wildman–Crippen MR) is 77.6 cm³/mol. The smallest absolute Gasteiger partial charge is 0.161 e. The van der Waals surface area contributed by atoms with Gasteiger partial charge in [-0.25, -0.2) is 0 Å². The van der Waals surface area contributed by atoms with Crippen molar-refractivity contribution in [1.29, 1.82) is 0 Å². The third-order valence-corrected chi connectivity index (χ3v) is 3.11. The van der Waals surface area contributed by atoms with Crippen molar-refractivity contribution in [2.75, 3.05) is 13.7 Å². The SMILES string of the molecule is COc1ccccc1O[C@H](CO)[C@H](O)c1ccc(O)cc1. The van der Waals surface area contributed by atoms with Gasteiger partial charge in [-0.2, -0.15) is 0 Å². The number of aliphatic hydroxyl groups excluding tert-OH is 2. The summed E-state index contributed by atoms with van der Waals surface area (Å²) >= 11 is 0. The number of hydrogen-bond acceptors (Lipinski definition) is 5. The summed E-state index contributed by atoms with van der Waals surface area (Å²) in [5.74, 6) is 1.07. The zero-order valence-corrected chi connectivity index (χ0v) is 11.6. The maximum Gasteiger partial charge on any atom is 0.161 e. The van der Waals surface area contributed by atoms with Crippen LogP contribution in [0.4, 0.5) is 0 Å². The van der Waals surface area contributed by atoms with Gasteiger partial charge in [-0.3, -0.25) is 0 Å². The van der Waals surface area contributed by atoms with Crippen molar-refractivity contribution in [1.82, 2.24) is 0 Å². The summed E-state index contributed by atoms with van der Waals surface area (Å²) in [6.07, 6.45) is -1.87. The molecule has 2 rings (SSSR count). The van der Waals surface area contributed by atoms with Crippen LogP contribution in [0.15, 0.2) is 48.5 Å². The van der Waals surface area contributed by atoms with Gasteiger partial charge in [0.25, 0.3) is 0 Å². The van der Waals surface area contributed by atoms with Crippen molar-refractivity contribution in [3.8, 4) is 17.2 Å². The zero-order chi connectivity index (χ0) is 15.2. The van der Waals surface area contributed by atoms with Crippen LogP contribution in [0.25, 0.3) is 0 Å². The average molecular weight is 290 g/mol. The first kappa shape index (κ1) is 15.2. The number of phenolic OH excluding ortho intramolecular Hbond substituents is 1. The highest BCUT2D eigenvalue weighted by atomic mass is 16.5. The zero-order valence-electron chi connectivity index (χ0n) is 11.6. The lowest BCUT2D eigenvalue weighted by Crippen LogP contribution is -2.29. The highest BCUT2D eigenvalue weighted by molar-refractivity contribution is 5.39. The highest BCUT2D eigenvalue weighted by Crippen LogP contribution is 2.30. The van der Waals surface area contributed by atoms with Gasteiger partial charge in [0, 0.05) is 0 Å². The Morgan fingerprint density at radius 2 is 1.62 bits per heavy atom. The Bertz CT molecular complexity index is 567. The van der Waals surface area contributed by atoms with Crippen molar-refractivity contribution < 1.29 is 24.8 Å². The van der Waals surface area contributed by atoms with Crippen LogP contribution in [-0.2, 0) is 0 Å². The highest BCUT2D eigenvalue weighted by Gasteiger charge is 2.23. The minimum atomic E-state index is -1.03. The molecule has 2 aromatic rings. The normalized spacial score (nSPS) is 13.5. The van der Waals surface area contributed by atoms with Gasteiger partial charge in [-0.1, -0.05) is 24.3 Å². The average Bonchev–Trinajstić information content (AvgIpc) is 2.53. The molecule has 0 saturated carbocycles. The molecule has 0 radical (unpaired) electrons. The van der Waals surface area contributed by atoms with E-state index in [0.29, 0.717) is 17.1 Å². The van der Waals surface area contributed by atoms with Crippen LogP contribution in [-0.4, -0.2) is 35.1 Å². The first-order chi connectivity index (χ1) is 10.2. The summed E-state index contributed by atoms with van der Waals surface area (Å²) in [4.78, 5) is 0. The molecule has 0 fully saturated rings. The number of para-hydroxylation sites is 2. The number of methoxy groups -OCH3 is 1. The van der Waals surface area contributed by atoms with Crippen LogP contribution >= 0.6 is 0 Å². The van der Waals surface area contributed by atoms with Crippen molar-refractivity contribution in [2.24, 2.45) is 0 Å². The molecule has 112 valence electrons. The molecule has 0 aliphatic carbocycles. The molecule has 0 amide bonds. The Hall–Kier alpha value is -2.24. The third kappa shape index (κ3) is 3.65. The second kappa shape index (κ2) is 6.97. The molecule has 3 N–H and O–H groups in total. The van der Waals surface area contributed by atoms with Crippen molar-refractivity contribution in [3.05, 3.63) is 54.1 Å². The van der Waals surface area contributed by atoms with Gasteiger partial charge in [0.1, 0.15) is 11.9 Å². The van der Waals surface area contributed by atoms with E-state index in [1.807, 2.05) is 0 Å². The maximum atomic E-state index is 10.3. The molecular weight excluding hydrogens is 272 g/mol. The van der Waals surface area contributed by atoms with E-state index in [4.69, 9.17) is 9.47 Å². The van der Waals surface area contributed by atoms with E-state index >= 15 is 0 Å². The largest absolute Gasteiger partial charge is 0.508 e. The molecule has 0 saturated heterocycles. The summed E-state index contributed by atoms with van der Waals surface area (Å²) in [5.41, 5.74) is 0.543. The summed E-state index contributed by atoms with van der Waals surface area (Å²) in [6, 6.07) is 13.1. The molecule has 0 heterocycles. The first-order valence-corrected chi connectivity index (χ1v) is 6.53. The third-order valence-electron chi connectivity index (χ3n) is 3.11. The summed E-state index contributed by atoms with van der Waals surface area (Å²) in [5, 5.41) is 29.0. The lowest BCUT2D eigenvalue weighted by atomic mass is 10.0.